The zero-order valence-electron chi connectivity index (χ0n) is 45.3. The van der Waals surface area contributed by atoms with Crippen molar-refractivity contribution in [1.82, 2.24) is 19.8 Å². The Hall–Kier alpha value is -5.11. The number of aromatic nitrogens is 1. The van der Waals surface area contributed by atoms with Crippen LogP contribution in [-0.4, -0.2) is 159 Å². The number of fused-ring (bicyclic) bond motifs is 6. The smallest absolute Gasteiger partial charge is 0.342 e. The topological polar surface area (TPSA) is 201 Å². The number of hydrogen-bond donors (Lipinski definition) is 3. The van der Waals surface area contributed by atoms with Gasteiger partial charge in [0.1, 0.15) is 11.2 Å². The second-order valence-electron chi connectivity index (χ2n) is 23.7. The summed E-state index contributed by atoms with van der Waals surface area (Å²) in [7, 11) is 3.55. The molecule has 0 radical (unpaired) electrons. The van der Waals surface area contributed by atoms with Gasteiger partial charge in [-0.05, 0) is 98.8 Å². The summed E-state index contributed by atoms with van der Waals surface area (Å²) in [5.74, 6) is -2.51. The molecule has 2 aromatic carbocycles. The van der Waals surface area contributed by atoms with Crippen molar-refractivity contribution in [1.29, 1.82) is 0 Å². The van der Waals surface area contributed by atoms with Gasteiger partial charge in [-0.15, -0.1) is 5.06 Å². The number of esters is 2. The van der Waals surface area contributed by atoms with E-state index in [4.69, 9.17) is 23.5 Å². The molecule has 8 heterocycles. The monoisotopic (exact) mass is 1060 g/mol. The van der Waals surface area contributed by atoms with E-state index in [1.807, 2.05) is 32.2 Å². The van der Waals surface area contributed by atoms with Crippen LogP contribution in [0.15, 0.2) is 48.6 Å². The molecule has 410 valence electrons. The first-order valence-corrected chi connectivity index (χ1v) is 30.6. The molecule has 3 aromatic rings. The highest BCUT2D eigenvalue weighted by Gasteiger charge is 2.80. The van der Waals surface area contributed by atoms with E-state index >= 15 is 9.59 Å². The molecule has 8 aliphatic rings. The van der Waals surface area contributed by atoms with Crippen LogP contribution in [0.25, 0.3) is 10.9 Å². The van der Waals surface area contributed by atoms with Crippen LogP contribution >= 0.6 is 0 Å². The number of H-pyrrole nitrogens is 1. The zero-order valence-corrected chi connectivity index (χ0v) is 46.3. The van der Waals surface area contributed by atoms with Crippen molar-refractivity contribution >= 4 is 54.6 Å². The molecule has 4 saturated heterocycles. The van der Waals surface area contributed by atoms with Gasteiger partial charge in [0.15, 0.2) is 8.32 Å². The second-order valence-corrected chi connectivity index (χ2v) is 27.8. The summed E-state index contributed by atoms with van der Waals surface area (Å²) in [5.41, 5.74) is -1.39. The standard InChI is InChI=1S/C58H77N5O12Si/c1-7-54(69)33-37-34-57(52(67)72-5,48-39(22-26-61(35-37)36-54)38-17-10-11-18-42(38)59-48)41-31-40-43(32-44(41)71-4)60(3)50-56(40)24-27-62-25-16-23-55(8-2,49(56)62)51(58(50,70)53(68)73-6)75-76(28-13-9-14-29-76)30-15-12-19-47(66)74-63-45(64)20-21-46(63)65/h10-11,16-18,23,31-32,37,49-51,59,69-70H,7-9,12-15,19-22,24-30,33-36H2,1-6H3/t37-,49?,50+,51+,54-,55+,56+,57-,58-/m0/s1. The molecule has 1 spiro atoms. The Labute approximate surface area is 446 Å². The Morgan fingerprint density at radius 1 is 0.868 bits per heavy atom. The predicted molar refractivity (Wildman–Crippen MR) is 285 cm³/mol. The van der Waals surface area contributed by atoms with Crippen LogP contribution in [0, 0.1) is 11.3 Å². The number of hydrogen-bond acceptors (Lipinski definition) is 15. The molecule has 1 saturated carbocycles. The van der Waals surface area contributed by atoms with Gasteiger partial charge in [-0.1, -0.05) is 69.9 Å². The fraction of sp³-hybridized carbons (Fsp3) is 0.638. The van der Waals surface area contributed by atoms with Crippen LogP contribution < -0.4 is 9.64 Å². The summed E-state index contributed by atoms with van der Waals surface area (Å²) in [4.78, 5) is 84.3. The van der Waals surface area contributed by atoms with Gasteiger partial charge in [-0.2, -0.15) is 0 Å². The molecule has 11 rings (SSSR count). The molecule has 76 heavy (non-hydrogen) atoms. The number of hydroxylamine groups is 2. The first kappa shape index (κ1) is 52.9. The minimum absolute atomic E-state index is 0.0216. The number of piperidine rings is 1. The van der Waals surface area contributed by atoms with Crippen LogP contribution in [-0.2, 0) is 60.0 Å². The van der Waals surface area contributed by atoms with E-state index in [0.717, 1.165) is 64.8 Å². The number of imide groups is 1. The number of benzene rings is 2. The van der Waals surface area contributed by atoms with Crippen molar-refractivity contribution in [2.75, 3.05) is 66.0 Å². The third-order valence-corrected chi connectivity index (χ3v) is 24.4. The lowest BCUT2D eigenvalue weighted by Gasteiger charge is -2.65. The minimum Gasteiger partial charge on any atom is -0.496 e. The summed E-state index contributed by atoms with van der Waals surface area (Å²) >= 11 is 0. The van der Waals surface area contributed by atoms with Gasteiger partial charge >= 0.3 is 17.9 Å². The molecule has 2 unspecified atom stereocenters. The minimum atomic E-state index is -2.82. The summed E-state index contributed by atoms with van der Waals surface area (Å²) in [5, 5.41) is 28.1. The average Bonchev–Trinajstić information content (AvgIpc) is 4.35. The van der Waals surface area contributed by atoms with Gasteiger partial charge in [0.25, 0.3) is 11.8 Å². The number of aliphatic hydroxyl groups is 2. The number of anilines is 1. The largest absolute Gasteiger partial charge is 0.496 e. The molecular weight excluding hydrogens is 987 g/mol. The van der Waals surface area contributed by atoms with E-state index in [1.165, 1.54) is 14.2 Å². The highest BCUT2D eigenvalue weighted by atomic mass is 28.4. The molecule has 5 fully saturated rings. The van der Waals surface area contributed by atoms with Gasteiger partial charge in [0, 0.05) is 103 Å². The molecule has 10 atom stereocenters. The molecule has 1 aromatic heterocycles. The highest BCUT2D eigenvalue weighted by molar-refractivity contribution is 6.74. The summed E-state index contributed by atoms with van der Waals surface area (Å²) in [6.07, 6.45) is 10.6. The second kappa shape index (κ2) is 19.7. The molecule has 1 aliphatic carbocycles. The van der Waals surface area contributed by atoms with Gasteiger partial charge < -0.3 is 43.6 Å². The van der Waals surface area contributed by atoms with E-state index in [1.54, 1.807) is 7.11 Å². The van der Waals surface area contributed by atoms with Gasteiger partial charge in [-0.3, -0.25) is 24.2 Å². The first-order valence-electron chi connectivity index (χ1n) is 28.1. The number of rotatable bonds is 14. The van der Waals surface area contributed by atoms with Crippen LogP contribution in [0.3, 0.4) is 0 Å². The fourth-order valence-electron chi connectivity index (χ4n) is 16.7. The Kier molecular flexibility index (Phi) is 13.7. The van der Waals surface area contributed by atoms with E-state index in [2.05, 4.69) is 57.0 Å². The lowest BCUT2D eigenvalue weighted by Crippen LogP contribution is -2.82. The van der Waals surface area contributed by atoms with Crippen molar-refractivity contribution in [3.63, 3.8) is 0 Å². The number of likely N-dealkylation sites (N-methyl/N-ethyl adjacent to an activating group) is 1. The third-order valence-electron chi connectivity index (χ3n) is 19.9. The summed E-state index contributed by atoms with van der Waals surface area (Å²) in [6.45, 7) is 7.46. The van der Waals surface area contributed by atoms with Crippen LogP contribution in [0.2, 0.25) is 18.1 Å². The quantitative estimate of drug-likeness (QED) is 0.0530. The number of nitrogens with zero attached hydrogens (tertiary/aromatic N) is 4. The first-order chi connectivity index (χ1) is 36.5. The number of carbonyl (C=O) groups excluding carboxylic acids is 5. The average molecular weight is 1060 g/mol. The summed E-state index contributed by atoms with van der Waals surface area (Å²) in [6, 6.07) is 13.6. The van der Waals surface area contributed by atoms with E-state index < -0.39 is 77.6 Å². The molecule has 2 bridgehead atoms. The number of carbonyl (C=O) groups is 5. The normalized spacial score (nSPS) is 34.4. The Morgan fingerprint density at radius 2 is 1.62 bits per heavy atom. The maximum absolute atomic E-state index is 15.6. The SMILES string of the molecule is CC[C@]1(O)C[C@@H]2CN(CCc3c([nH]c4ccccc34)[C@@](C(=O)OC)(c3cc4c(cc3OC)N(C)[C@H]3[C@@](O)(C(=O)OC)[C@H](O[Si]5(CCCCC(=O)ON6C(=O)CCC6=O)CCCCC5)[C@]5(CC)C=CCN6CC[C@]43C65)C2)C1. The van der Waals surface area contributed by atoms with Gasteiger partial charge in [-0.25, -0.2) is 9.59 Å². The third kappa shape index (κ3) is 7.87. The number of amides is 2. The van der Waals surface area contributed by atoms with E-state index in [0.29, 0.717) is 107 Å². The van der Waals surface area contributed by atoms with Gasteiger partial charge in [0.2, 0.25) is 5.60 Å². The Balaban J connectivity index is 1.06. The lowest BCUT2D eigenvalue weighted by molar-refractivity contribution is -0.214. The molecule has 18 heteroatoms. The number of methoxy groups -OCH3 is 3. The van der Waals surface area contributed by atoms with Crippen molar-refractivity contribution in [3.8, 4) is 5.75 Å². The molecule has 17 nitrogen and oxygen atoms in total. The van der Waals surface area contributed by atoms with Gasteiger partial charge in [0.05, 0.1) is 39.1 Å². The predicted octanol–water partition coefficient (Wildman–Crippen LogP) is 6.35. The fourth-order valence-corrected chi connectivity index (χ4v) is 21.4. The zero-order chi connectivity index (χ0) is 53.6. The van der Waals surface area contributed by atoms with Crippen LogP contribution in [0.4, 0.5) is 5.69 Å². The van der Waals surface area contributed by atoms with Crippen molar-refractivity contribution in [3.05, 3.63) is 70.9 Å². The Morgan fingerprint density at radius 3 is 2.33 bits per heavy atom. The van der Waals surface area contributed by atoms with Crippen LogP contribution in [0.5, 0.6) is 5.75 Å². The molecule has 3 N–H and O–H groups in total. The molecular formula is C58H77N5O12Si. The number of aromatic amines is 1. The maximum atomic E-state index is 15.6. The van der Waals surface area contributed by atoms with Crippen molar-refractivity contribution in [2.45, 2.75) is 162 Å². The lowest BCUT2D eigenvalue weighted by atomic mass is 9.47. The van der Waals surface area contributed by atoms with E-state index in [9.17, 15) is 24.6 Å². The molecule has 2 amide bonds. The van der Waals surface area contributed by atoms with Crippen molar-refractivity contribution < 1.29 is 57.7 Å². The molecule has 7 aliphatic heterocycles. The number of ether oxygens (including phenoxy) is 3. The number of unbranched alkanes of at least 4 members (excludes halogenated alkanes) is 1. The Bertz CT molecular complexity index is 2830. The maximum Gasteiger partial charge on any atom is 0.342 e. The van der Waals surface area contributed by atoms with E-state index in [-0.39, 0.29) is 31.2 Å². The number of para-hydroxylation sites is 1. The van der Waals surface area contributed by atoms with Crippen LogP contribution in [0.1, 0.15) is 120 Å². The summed E-state index contributed by atoms with van der Waals surface area (Å²) < 4.78 is 26.3. The van der Waals surface area contributed by atoms with Crippen molar-refractivity contribution in [2.24, 2.45) is 11.3 Å². The highest BCUT2D eigenvalue weighted by Crippen LogP contribution is 2.69. The number of nitrogens with one attached hydrogen (secondary N) is 1.